The molecule has 1 amide bonds. The van der Waals surface area contributed by atoms with Gasteiger partial charge in [-0.3, -0.25) is 0 Å². The van der Waals surface area contributed by atoms with Crippen molar-refractivity contribution in [1.29, 1.82) is 0 Å². The van der Waals surface area contributed by atoms with E-state index in [4.69, 9.17) is 14.0 Å². The summed E-state index contributed by atoms with van der Waals surface area (Å²) in [7, 11) is -0.194. The Morgan fingerprint density at radius 1 is 1.21 bits per heavy atom. The fraction of sp³-hybridized carbons (Fsp3) is 0.682. The highest BCUT2D eigenvalue weighted by Crippen LogP contribution is 2.38. The van der Waals surface area contributed by atoms with E-state index in [2.05, 4.69) is 27.7 Å². The quantitative estimate of drug-likeness (QED) is 0.700. The maximum Gasteiger partial charge on any atom is 0.457 e. The molecule has 2 aliphatic heterocycles. The van der Waals surface area contributed by atoms with Crippen LogP contribution in [0.2, 0.25) is 6.32 Å². The number of likely N-dealkylation sites (tertiary alicyclic amines) is 1. The highest BCUT2D eigenvalue weighted by molar-refractivity contribution is 6.45. The Hall–Kier alpha value is -1.57. The van der Waals surface area contributed by atoms with E-state index in [9.17, 15) is 9.90 Å². The van der Waals surface area contributed by atoms with Crippen LogP contribution >= 0.6 is 0 Å². The Morgan fingerprint density at radius 2 is 1.86 bits per heavy atom. The number of ether oxygens (including phenoxy) is 1. The fourth-order valence-electron chi connectivity index (χ4n) is 4.16. The summed E-state index contributed by atoms with van der Waals surface area (Å²) in [5.74, 6) is 0.270. The Morgan fingerprint density at radius 3 is 2.48 bits per heavy atom. The number of carbonyl (C=O) groups excluding carboxylic acids is 1. The van der Waals surface area contributed by atoms with Crippen molar-refractivity contribution in [2.75, 3.05) is 13.2 Å². The molecular weight excluding hydrogens is 369 g/mol. The first-order chi connectivity index (χ1) is 13.7. The molecule has 0 spiro atoms. The number of benzene rings is 1. The number of aliphatic hydroxyl groups excluding tert-OH is 1. The third-order valence-electron chi connectivity index (χ3n) is 6.63. The van der Waals surface area contributed by atoms with Gasteiger partial charge in [-0.15, -0.1) is 0 Å². The minimum atomic E-state index is -0.346. The maximum atomic E-state index is 12.5. The summed E-state index contributed by atoms with van der Waals surface area (Å²) in [6.45, 7) is 9.08. The summed E-state index contributed by atoms with van der Waals surface area (Å²) < 4.78 is 17.6. The molecule has 160 valence electrons. The van der Waals surface area contributed by atoms with Crippen molar-refractivity contribution in [1.82, 2.24) is 4.90 Å². The van der Waals surface area contributed by atoms with E-state index in [1.165, 1.54) is 0 Å². The van der Waals surface area contributed by atoms with Gasteiger partial charge in [0, 0.05) is 6.54 Å². The van der Waals surface area contributed by atoms with Crippen LogP contribution in [0.4, 0.5) is 4.79 Å². The van der Waals surface area contributed by atoms with E-state index >= 15 is 0 Å². The number of hydrogen-bond donors (Lipinski definition) is 1. The zero-order valence-corrected chi connectivity index (χ0v) is 18.1. The van der Waals surface area contributed by atoms with E-state index < -0.39 is 0 Å². The van der Waals surface area contributed by atoms with E-state index in [0.717, 1.165) is 31.1 Å². The lowest BCUT2D eigenvalue weighted by Crippen LogP contribution is -2.41. The van der Waals surface area contributed by atoms with E-state index in [1.807, 2.05) is 30.3 Å². The number of rotatable bonds is 7. The molecule has 29 heavy (non-hydrogen) atoms. The van der Waals surface area contributed by atoms with E-state index in [-0.39, 0.29) is 49.6 Å². The molecule has 0 aliphatic carbocycles. The van der Waals surface area contributed by atoms with Crippen molar-refractivity contribution in [3.8, 4) is 0 Å². The summed E-state index contributed by atoms with van der Waals surface area (Å²) in [4.78, 5) is 14.2. The molecule has 2 aliphatic rings. The summed E-state index contributed by atoms with van der Waals surface area (Å²) in [5.41, 5.74) is 0.343. The van der Waals surface area contributed by atoms with Crippen molar-refractivity contribution in [2.45, 2.75) is 77.1 Å². The molecule has 1 N–H and O–H groups in total. The minimum absolute atomic E-state index is 0.0401. The molecule has 7 heteroatoms. The molecule has 0 bridgehead atoms. The van der Waals surface area contributed by atoms with Crippen molar-refractivity contribution >= 4 is 13.2 Å². The van der Waals surface area contributed by atoms with Gasteiger partial charge in [-0.25, -0.2) is 4.79 Å². The Kier molecular flexibility index (Phi) is 6.92. The van der Waals surface area contributed by atoms with Gasteiger partial charge in [-0.2, -0.15) is 0 Å². The second kappa shape index (κ2) is 9.06. The van der Waals surface area contributed by atoms with Crippen LogP contribution < -0.4 is 0 Å². The van der Waals surface area contributed by atoms with Crippen LogP contribution in [-0.4, -0.2) is 53.6 Å². The second-order valence-electron chi connectivity index (χ2n) is 9.15. The van der Waals surface area contributed by atoms with Gasteiger partial charge >= 0.3 is 13.2 Å². The van der Waals surface area contributed by atoms with Gasteiger partial charge in [0.05, 0.1) is 23.9 Å². The van der Waals surface area contributed by atoms with Gasteiger partial charge in [0.1, 0.15) is 6.61 Å². The third-order valence-corrected chi connectivity index (χ3v) is 6.63. The van der Waals surface area contributed by atoms with Crippen molar-refractivity contribution in [3.63, 3.8) is 0 Å². The predicted molar refractivity (Wildman–Crippen MR) is 112 cm³/mol. The van der Waals surface area contributed by atoms with Gasteiger partial charge in [0.25, 0.3) is 0 Å². The van der Waals surface area contributed by atoms with E-state index in [0.29, 0.717) is 6.54 Å². The molecule has 2 unspecified atom stereocenters. The van der Waals surface area contributed by atoms with Crippen molar-refractivity contribution in [2.24, 2.45) is 5.92 Å². The molecule has 0 radical (unpaired) electrons. The van der Waals surface area contributed by atoms with E-state index in [1.54, 1.807) is 4.90 Å². The molecule has 1 aromatic carbocycles. The Bertz CT molecular complexity index is 665. The first-order valence-corrected chi connectivity index (χ1v) is 10.7. The monoisotopic (exact) mass is 403 g/mol. The number of aliphatic hydroxyl groups is 1. The first kappa shape index (κ1) is 22.1. The lowest BCUT2D eigenvalue weighted by atomic mass is 9.80. The summed E-state index contributed by atoms with van der Waals surface area (Å²) in [6, 6.07) is 9.45. The fourth-order valence-corrected chi connectivity index (χ4v) is 4.16. The van der Waals surface area contributed by atoms with Crippen LogP contribution in [0.25, 0.3) is 0 Å². The SMILES string of the molecule is CC1(C)OB(CCCC2CCN(C(=O)OCc3ccccc3)C2CO)OC1(C)C. The van der Waals surface area contributed by atoms with Crippen LogP contribution in [-0.2, 0) is 20.7 Å². The number of hydrogen-bond acceptors (Lipinski definition) is 5. The molecule has 2 saturated heterocycles. The molecule has 3 rings (SSSR count). The Balaban J connectivity index is 1.45. The zero-order valence-electron chi connectivity index (χ0n) is 18.1. The van der Waals surface area contributed by atoms with Crippen LogP contribution in [0.5, 0.6) is 0 Å². The average Bonchev–Trinajstić information content (AvgIpc) is 3.17. The molecular formula is C22H34BNO5. The molecule has 2 fully saturated rings. The number of amides is 1. The highest BCUT2D eigenvalue weighted by Gasteiger charge is 2.50. The van der Waals surface area contributed by atoms with Gasteiger partial charge in [-0.05, 0) is 58.3 Å². The predicted octanol–water partition coefficient (Wildman–Crippen LogP) is 3.88. The third kappa shape index (κ3) is 5.14. The first-order valence-electron chi connectivity index (χ1n) is 10.7. The standard InChI is InChI=1S/C22H34BNO5/c1-21(2)22(3,4)29-23(28-21)13-8-11-18-12-14-24(19(18)15-25)20(26)27-16-17-9-6-5-7-10-17/h5-7,9-10,18-19,25H,8,11-16H2,1-4H3. The maximum absolute atomic E-state index is 12.5. The van der Waals surface area contributed by atoms with Crippen molar-refractivity contribution in [3.05, 3.63) is 35.9 Å². The molecule has 6 nitrogen and oxygen atoms in total. The Labute approximate surface area is 174 Å². The lowest BCUT2D eigenvalue weighted by Gasteiger charge is -2.32. The van der Waals surface area contributed by atoms with Crippen molar-refractivity contribution < 1.29 is 23.9 Å². The van der Waals surface area contributed by atoms with Crippen LogP contribution in [0, 0.1) is 5.92 Å². The normalized spacial score (nSPS) is 25.4. The van der Waals surface area contributed by atoms with Gasteiger partial charge < -0.3 is 24.1 Å². The summed E-state index contributed by atoms with van der Waals surface area (Å²) >= 11 is 0. The number of carbonyl (C=O) groups is 1. The molecule has 0 aromatic heterocycles. The zero-order chi connectivity index (χ0) is 21.1. The largest absolute Gasteiger partial charge is 0.457 e. The van der Waals surface area contributed by atoms with Crippen LogP contribution in [0.1, 0.15) is 52.5 Å². The van der Waals surface area contributed by atoms with Crippen LogP contribution in [0.3, 0.4) is 0 Å². The average molecular weight is 403 g/mol. The smallest absolute Gasteiger partial charge is 0.445 e. The topological polar surface area (TPSA) is 68.2 Å². The van der Waals surface area contributed by atoms with Crippen LogP contribution in [0.15, 0.2) is 30.3 Å². The lowest BCUT2D eigenvalue weighted by molar-refractivity contribution is 0.00578. The second-order valence-corrected chi connectivity index (χ2v) is 9.15. The molecule has 0 saturated carbocycles. The molecule has 1 aromatic rings. The highest BCUT2D eigenvalue weighted by atomic mass is 16.7. The number of nitrogens with zero attached hydrogens (tertiary/aromatic N) is 1. The van der Waals surface area contributed by atoms with Gasteiger partial charge in [0.2, 0.25) is 0 Å². The summed E-state index contributed by atoms with van der Waals surface area (Å²) in [5, 5.41) is 9.89. The van der Waals surface area contributed by atoms with Gasteiger partial charge in [-0.1, -0.05) is 36.8 Å². The van der Waals surface area contributed by atoms with Gasteiger partial charge in [0.15, 0.2) is 0 Å². The molecule has 2 atom stereocenters. The summed E-state index contributed by atoms with van der Waals surface area (Å²) in [6.07, 6.45) is 3.22. The molecule has 2 heterocycles. The minimum Gasteiger partial charge on any atom is -0.445 e.